The van der Waals surface area contributed by atoms with E-state index in [2.05, 4.69) is 83.8 Å². The normalized spacial score (nSPS) is 17.4. The molecule has 3 aromatic carbocycles. The number of nitrogens with two attached hydrogens (primary N) is 1. The van der Waals surface area contributed by atoms with E-state index >= 15 is 0 Å². The highest BCUT2D eigenvalue weighted by molar-refractivity contribution is 9.10. The Hall–Kier alpha value is -6.53. The maximum absolute atomic E-state index is 12.7. The van der Waals surface area contributed by atoms with E-state index in [-0.39, 0.29) is 69.5 Å². The topological polar surface area (TPSA) is 182 Å². The van der Waals surface area contributed by atoms with Gasteiger partial charge in [0.25, 0.3) is 0 Å². The van der Waals surface area contributed by atoms with Crippen molar-refractivity contribution in [3.05, 3.63) is 118 Å². The molecular formula is C53H67BrF6N10O4. The smallest absolute Gasteiger partial charge is 0.444 e. The van der Waals surface area contributed by atoms with Crippen LogP contribution < -0.4 is 41.8 Å². The lowest BCUT2D eigenvalue weighted by Crippen LogP contribution is -2.41. The molecule has 0 atom stereocenters. The highest BCUT2D eigenvalue weighted by Crippen LogP contribution is 2.31. The lowest BCUT2D eigenvalue weighted by Gasteiger charge is -2.30. The molecule has 2 fully saturated rings. The number of hydrogen-bond donors (Lipinski definition) is 6. The second-order valence-electron chi connectivity index (χ2n) is 18.4. The van der Waals surface area contributed by atoms with Crippen LogP contribution in [0.4, 0.5) is 54.7 Å². The zero-order chi connectivity index (χ0) is 51.7. The summed E-state index contributed by atoms with van der Waals surface area (Å²) in [5.74, 6) is 8.31. The molecule has 1 amide bonds. The molecule has 0 radical (unpaired) electrons. The molecule has 74 heavy (non-hydrogen) atoms. The summed E-state index contributed by atoms with van der Waals surface area (Å²) in [4.78, 5) is 29.5. The maximum atomic E-state index is 12.7. The number of hydrogen-bond acceptors (Lipinski definition) is 13. The number of benzene rings is 3. The Labute approximate surface area is 438 Å². The van der Waals surface area contributed by atoms with E-state index in [1.54, 1.807) is 36.7 Å². The van der Waals surface area contributed by atoms with E-state index in [9.17, 15) is 31.1 Å². The molecule has 5 aromatic rings. The molecule has 0 saturated heterocycles. The number of alkyl carbamates (subject to hydrolysis) is 1. The van der Waals surface area contributed by atoms with Gasteiger partial charge in [-0.1, -0.05) is 81.3 Å². The number of amides is 1. The van der Waals surface area contributed by atoms with Crippen LogP contribution in [0, 0.1) is 23.7 Å². The number of halogens is 7. The van der Waals surface area contributed by atoms with Crippen LogP contribution in [0.3, 0.4) is 0 Å². The number of aromatic nitrogens is 4. The van der Waals surface area contributed by atoms with Gasteiger partial charge < -0.3 is 46.5 Å². The summed E-state index contributed by atoms with van der Waals surface area (Å²) in [6, 6.07) is 21.8. The van der Waals surface area contributed by atoms with E-state index in [0.717, 1.165) is 63.5 Å². The monoisotopic (exact) mass is 1100 g/mol. The number of anilines is 4. The van der Waals surface area contributed by atoms with Gasteiger partial charge in [0, 0.05) is 61.1 Å². The van der Waals surface area contributed by atoms with E-state index in [4.69, 9.17) is 10.5 Å². The Morgan fingerprint density at radius 3 is 1.65 bits per heavy atom. The fourth-order valence-corrected chi connectivity index (χ4v) is 8.22. The maximum Gasteiger partial charge on any atom is 0.573 e. The molecule has 14 nitrogen and oxygen atoms in total. The molecule has 2 saturated carbocycles. The number of rotatable bonds is 15. The summed E-state index contributed by atoms with van der Waals surface area (Å²) in [6.07, 6.45) is 0.974. The van der Waals surface area contributed by atoms with Crippen molar-refractivity contribution in [1.29, 1.82) is 0 Å². The first-order chi connectivity index (χ1) is 34.2. The van der Waals surface area contributed by atoms with Crippen LogP contribution in [0.25, 0.3) is 0 Å². The van der Waals surface area contributed by atoms with Crippen molar-refractivity contribution in [2.75, 3.05) is 34.4 Å². The predicted molar refractivity (Wildman–Crippen MR) is 281 cm³/mol. The van der Waals surface area contributed by atoms with Crippen molar-refractivity contribution < 1.29 is 45.3 Å². The summed E-state index contributed by atoms with van der Waals surface area (Å²) in [5.41, 5.74) is 7.67. The quantitative estimate of drug-likeness (QED) is 0.0431. The Balaban J connectivity index is 0.000000312. The van der Waals surface area contributed by atoms with Crippen LogP contribution in [0.1, 0.15) is 109 Å². The van der Waals surface area contributed by atoms with Crippen molar-refractivity contribution >= 4 is 45.6 Å². The summed E-state index contributed by atoms with van der Waals surface area (Å²) in [7, 11) is 0. The fraction of sp³-hybridized carbons (Fsp3) is 0.453. The summed E-state index contributed by atoms with van der Waals surface area (Å²) in [6.45, 7) is 7.04. The van der Waals surface area contributed by atoms with Crippen molar-refractivity contribution in [3.63, 3.8) is 0 Å². The lowest BCUT2D eigenvalue weighted by molar-refractivity contribution is -0.275. The van der Waals surface area contributed by atoms with Crippen molar-refractivity contribution in [2.45, 2.75) is 130 Å². The van der Waals surface area contributed by atoms with Gasteiger partial charge in [0.15, 0.2) is 0 Å². The van der Waals surface area contributed by atoms with Gasteiger partial charge in [-0.3, -0.25) is 0 Å². The first kappa shape index (κ1) is 60.0. The Bertz CT molecular complexity index is 2580. The van der Waals surface area contributed by atoms with Gasteiger partial charge >= 0.3 is 18.8 Å². The number of nitrogens with zero attached hydrogens (tertiary/aromatic N) is 4. The van der Waals surface area contributed by atoms with Gasteiger partial charge in [0.1, 0.15) is 28.7 Å². The first-order valence-electron chi connectivity index (χ1n) is 23.6. The van der Waals surface area contributed by atoms with Crippen LogP contribution in [-0.4, -0.2) is 69.5 Å². The number of para-hydroxylation sites is 2. The zero-order valence-corrected chi connectivity index (χ0v) is 41.7. The standard InChI is InChI=1S/C27H28F3N5O.C24H31BrF3N5O3.2CH4/c28-27(29,30)36-24-9-5-4-8-21(24)17-33-26-34-18-22(13-10-19-6-2-1-3-7-19)25(35-26)32-16-20-11-14-23(31)15-12-20;1-23(2,3)36-22(34)32-17-10-8-15(9-11-17)12-29-20-18(25)14-31-21(33-20)30-13-16-6-4-5-7-19(16)35-24(26,27)28;;/h1-9,18,20,23H,11-12,14-17,31H2,(H2,32,33,34,35);4-7,14-15,17H,8-13H2,1-3H3,(H,32,34)(H2,29,30,31,33);2*1H4. The summed E-state index contributed by atoms with van der Waals surface area (Å²) < 4.78 is 90.4. The first-order valence-corrected chi connectivity index (χ1v) is 24.4. The van der Waals surface area contributed by atoms with Gasteiger partial charge in [0.05, 0.1) is 16.2 Å². The lowest BCUT2D eigenvalue weighted by atomic mass is 9.86. The number of nitrogens with one attached hydrogen (secondary N) is 5. The number of ether oxygens (including phenoxy) is 3. The van der Waals surface area contributed by atoms with Gasteiger partial charge in [0.2, 0.25) is 11.9 Å². The highest BCUT2D eigenvalue weighted by atomic mass is 79.9. The van der Waals surface area contributed by atoms with Crippen LogP contribution in [0.15, 0.2) is 95.7 Å². The molecule has 0 unspecified atom stereocenters. The highest BCUT2D eigenvalue weighted by Gasteiger charge is 2.33. The fourth-order valence-electron chi connectivity index (χ4n) is 7.89. The van der Waals surface area contributed by atoms with E-state index in [1.165, 1.54) is 24.3 Å². The van der Waals surface area contributed by atoms with E-state index in [0.29, 0.717) is 51.2 Å². The molecule has 0 bridgehead atoms. The Kier molecular flexibility index (Phi) is 22.9. The van der Waals surface area contributed by atoms with E-state index in [1.807, 2.05) is 51.1 Å². The molecule has 0 spiro atoms. The van der Waals surface area contributed by atoms with Crippen LogP contribution in [-0.2, 0) is 17.8 Å². The van der Waals surface area contributed by atoms with Crippen LogP contribution >= 0.6 is 15.9 Å². The van der Waals surface area contributed by atoms with Gasteiger partial charge in [-0.05, 0) is 124 Å². The van der Waals surface area contributed by atoms with Crippen LogP contribution in [0.2, 0.25) is 0 Å². The van der Waals surface area contributed by atoms with Gasteiger partial charge in [-0.15, -0.1) is 26.3 Å². The van der Waals surface area contributed by atoms with Crippen molar-refractivity contribution in [2.24, 2.45) is 17.6 Å². The molecule has 21 heteroatoms. The minimum Gasteiger partial charge on any atom is -0.444 e. The largest absolute Gasteiger partial charge is 0.573 e. The predicted octanol–water partition coefficient (Wildman–Crippen LogP) is 12.8. The third-order valence-corrected chi connectivity index (χ3v) is 12.1. The van der Waals surface area contributed by atoms with Crippen molar-refractivity contribution in [3.8, 4) is 23.3 Å². The second-order valence-corrected chi connectivity index (χ2v) is 19.2. The SMILES string of the molecule is C.C.CC(C)(C)OC(=O)NC1CCC(CNc2nc(NCc3ccccc3OC(F)(F)F)ncc2Br)CC1.NC1CCC(CNc2nc(NCc3ccccc3OC(F)(F)F)ncc2C#Cc2ccccc2)CC1. The van der Waals surface area contributed by atoms with Crippen LogP contribution in [0.5, 0.6) is 11.5 Å². The molecular weight excluding hydrogens is 1030 g/mol. The average Bonchev–Trinajstić information content (AvgIpc) is 3.32. The molecule has 7 rings (SSSR count). The number of carbonyl (C=O) groups is 1. The van der Waals surface area contributed by atoms with Gasteiger partial charge in [-0.2, -0.15) is 9.97 Å². The number of alkyl halides is 6. The second kappa shape index (κ2) is 28.2. The summed E-state index contributed by atoms with van der Waals surface area (Å²) >= 11 is 3.43. The minimum absolute atomic E-state index is 0. The molecule has 2 aliphatic carbocycles. The minimum atomic E-state index is -4.77. The molecule has 2 heterocycles. The zero-order valence-electron chi connectivity index (χ0n) is 40.1. The Morgan fingerprint density at radius 1 is 0.649 bits per heavy atom. The van der Waals surface area contributed by atoms with Gasteiger partial charge in [-0.25, -0.2) is 14.8 Å². The third kappa shape index (κ3) is 21.1. The van der Waals surface area contributed by atoms with Crippen molar-refractivity contribution in [1.82, 2.24) is 25.3 Å². The Morgan fingerprint density at radius 2 is 1.12 bits per heavy atom. The molecule has 2 aliphatic rings. The average molecular weight is 1100 g/mol. The molecule has 402 valence electrons. The van der Waals surface area contributed by atoms with E-state index < -0.39 is 18.3 Å². The third-order valence-electron chi connectivity index (χ3n) is 11.5. The molecule has 0 aliphatic heterocycles. The molecule has 2 aromatic heterocycles. The molecule has 7 N–H and O–H groups in total. The number of carbonyl (C=O) groups excluding carboxylic acids is 1. The summed E-state index contributed by atoms with van der Waals surface area (Å²) in [5, 5.41) is 15.6.